The first-order valence-corrected chi connectivity index (χ1v) is 22.4. The fourth-order valence-electron chi connectivity index (χ4n) is 9.95. The Morgan fingerprint density at radius 3 is 2.10 bits per heavy atom. The number of alkyl carbamates (subject to hydrolysis) is 1. The third-order valence-electron chi connectivity index (χ3n) is 13.6. The SMILES string of the molecule is O=C1CCC(N2C(=O)c3cc(F)c(N4CCC5(CCC(C(=O)N6CCC(S(=O)(=O)N7CCC(NC(=O)OCc8ccccc8)CC7)CC6)CC5)CC4)cc3C2=O)C(=O)N1. The Kier molecular flexibility index (Phi) is 11.5. The minimum Gasteiger partial charge on any atom is -0.445 e. The quantitative estimate of drug-likeness (QED) is 0.372. The molecule has 316 valence electrons. The van der Waals surface area contributed by atoms with E-state index in [0.717, 1.165) is 55.1 Å². The van der Waals surface area contributed by atoms with Gasteiger partial charge >= 0.3 is 6.09 Å². The van der Waals surface area contributed by atoms with E-state index in [4.69, 9.17) is 4.74 Å². The fourth-order valence-corrected chi connectivity index (χ4v) is 11.9. The first-order chi connectivity index (χ1) is 28.3. The van der Waals surface area contributed by atoms with Crippen LogP contribution < -0.4 is 15.5 Å². The van der Waals surface area contributed by atoms with Gasteiger partial charge in [0.2, 0.25) is 27.7 Å². The Bertz CT molecular complexity index is 2100. The van der Waals surface area contributed by atoms with Gasteiger partial charge in [-0.3, -0.25) is 34.2 Å². The van der Waals surface area contributed by atoms with Crippen LogP contribution in [0.1, 0.15) is 103 Å². The molecule has 0 bridgehead atoms. The summed E-state index contributed by atoms with van der Waals surface area (Å²) in [6.07, 6.45) is 6.04. The van der Waals surface area contributed by atoms with E-state index in [1.807, 2.05) is 40.1 Å². The number of benzene rings is 2. The van der Waals surface area contributed by atoms with Crippen molar-refractivity contribution in [2.24, 2.45) is 11.3 Å². The first kappa shape index (κ1) is 40.9. The van der Waals surface area contributed by atoms with Crippen molar-refractivity contribution in [3.63, 3.8) is 0 Å². The Balaban J connectivity index is 0.774. The van der Waals surface area contributed by atoms with E-state index in [2.05, 4.69) is 10.6 Å². The van der Waals surface area contributed by atoms with E-state index in [1.165, 1.54) is 10.4 Å². The van der Waals surface area contributed by atoms with Gasteiger partial charge < -0.3 is 19.9 Å². The van der Waals surface area contributed by atoms with Gasteiger partial charge in [0.25, 0.3) is 11.8 Å². The number of halogens is 1. The van der Waals surface area contributed by atoms with Crippen molar-refractivity contribution >= 4 is 51.3 Å². The van der Waals surface area contributed by atoms with Crippen LogP contribution in [0, 0.1) is 17.2 Å². The van der Waals surface area contributed by atoms with E-state index in [1.54, 1.807) is 0 Å². The van der Waals surface area contributed by atoms with Crippen LogP contribution in [-0.2, 0) is 35.8 Å². The molecule has 0 aromatic heterocycles. The number of hydrogen-bond acceptors (Lipinski definition) is 10. The smallest absolute Gasteiger partial charge is 0.407 e. The van der Waals surface area contributed by atoms with Crippen molar-refractivity contribution < 1.29 is 46.3 Å². The first-order valence-electron chi connectivity index (χ1n) is 20.9. The molecule has 15 nitrogen and oxygen atoms in total. The number of carbonyl (C=O) groups excluding carboxylic acids is 6. The highest BCUT2D eigenvalue weighted by Crippen LogP contribution is 2.48. The molecule has 5 aliphatic heterocycles. The second kappa shape index (κ2) is 16.6. The third kappa shape index (κ3) is 8.32. The molecule has 2 aromatic rings. The highest BCUT2D eigenvalue weighted by Gasteiger charge is 2.47. The average molecular weight is 835 g/mol. The van der Waals surface area contributed by atoms with Gasteiger partial charge in [0, 0.05) is 57.6 Å². The maximum Gasteiger partial charge on any atom is 0.407 e. The molecule has 1 aliphatic carbocycles. The van der Waals surface area contributed by atoms with Crippen molar-refractivity contribution in [2.45, 2.75) is 101 Å². The van der Waals surface area contributed by atoms with Crippen LogP contribution >= 0.6 is 0 Å². The molecule has 6 aliphatic rings. The van der Waals surface area contributed by atoms with Crippen LogP contribution in [0.15, 0.2) is 42.5 Å². The molecular weight excluding hydrogens is 784 g/mol. The lowest BCUT2D eigenvalue weighted by Gasteiger charge is -2.47. The monoisotopic (exact) mass is 834 g/mol. The summed E-state index contributed by atoms with van der Waals surface area (Å²) >= 11 is 0. The van der Waals surface area contributed by atoms with Crippen LogP contribution in [0.5, 0.6) is 0 Å². The van der Waals surface area contributed by atoms with Gasteiger partial charge in [-0.05, 0) is 93.7 Å². The molecule has 59 heavy (non-hydrogen) atoms. The number of anilines is 1. The van der Waals surface area contributed by atoms with E-state index >= 15 is 4.39 Å². The van der Waals surface area contributed by atoms with E-state index in [-0.39, 0.29) is 59.5 Å². The van der Waals surface area contributed by atoms with Crippen LogP contribution in [0.4, 0.5) is 14.9 Å². The van der Waals surface area contributed by atoms with Crippen LogP contribution in [0.2, 0.25) is 0 Å². The summed E-state index contributed by atoms with van der Waals surface area (Å²) in [6.45, 7) is 2.70. The number of ether oxygens (including phenoxy) is 1. The van der Waals surface area contributed by atoms with Crippen LogP contribution in [0.25, 0.3) is 0 Å². The second-order valence-corrected chi connectivity index (χ2v) is 19.2. The topological polar surface area (TPSA) is 183 Å². The molecule has 5 fully saturated rings. The molecule has 17 heteroatoms. The lowest BCUT2D eigenvalue weighted by Crippen LogP contribution is -2.54. The number of fused-ring (bicyclic) bond motifs is 1. The number of rotatable bonds is 8. The highest BCUT2D eigenvalue weighted by atomic mass is 32.2. The number of piperidine rings is 4. The number of sulfonamides is 1. The highest BCUT2D eigenvalue weighted by molar-refractivity contribution is 7.89. The summed E-state index contributed by atoms with van der Waals surface area (Å²) in [5.74, 6) is -3.26. The van der Waals surface area contributed by atoms with E-state index < -0.39 is 56.9 Å². The number of amides is 6. The molecule has 0 radical (unpaired) electrons. The summed E-state index contributed by atoms with van der Waals surface area (Å²) in [4.78, 5) is 81.1. The van der Waals surface area contributed by atoms with Gasteiger partial charge in [-0.25, -0.2) is 21.9 Å². The van der Waals surface area contributed by atoms with Gasteiger partial charge in [0.1, 0.15) is 18.5 Å². The van der Waals surface area contributed by atoms with Crippen LogP contribution in [-0.4, -0.2) is 115 Å². The van der Waals surface area contributed by atoms with E-state index in [0.29, 0.717) is 65.0 Å². The minimum absolute atomic E-state index is 0.00185. The summed E-state index contributed by atoms with van der Waals surface area (Å²) in [5, 5.41) is 4.48. The number of carbonyl (C=O) groups is 6. The number of hydrogen-bond donors (Lipinski definition) is 2. The summed E-state index contributed by atoms with van der Waals surface area (Å²) in [5.41, 5.74) is 1.09. The van der Waals surface area contributed by atoms with Gasteiger partial charge in [0.05, 0.1) is 22.1 Å². The zero-order valence-corrected chi connectivity index (χ0v) is 33.9. The molecular formula is C42H51FN6O9S. The minimum atomic E-state index is -3.56. The molecule has 2 aromatic carbocycles. The fraction of sp³-hybridized carbons (Fsp3) is 0.571. The van der Waals surface area contributed by atoms with Crippen molar-refractivity contribution in [1.82, 2.24) is 24.7 Å². The normalized spacial score (nSPS) is 23.7. The molecule has 4 saturated heterocycles. The second-order valence-electron chi connectivity index (χ2n) is 17.0. The summed E-state index contributed by atoms with van der Waals surface area (Å²) < 4.78 is 49.6. The Labute approximate surface area is 343 Å². The Morgan fingerprint density at radius 1 is 0.814 bits per heavy atom. The lowest BCUT2D eigenvalue weighted by atomic mass is 9.65. The molecule has 8 rings (SSSR count). The zero-order chi connectivity index (χ0) is 41.5. The molecule has 1 spiro atoms. The maximum absolute atomic E-state index is 15.5. The third-order valence-corrected chi connectivity index (χ3v) is 16.0. The van der Waals surface area contributed by atoms with Crippen molar-refractivity contribution in [3.8, 4) is 0 Å². The van der Waals surface area contributed by atoms with Crippen molar-refractivity contribution in [2.75, 3.05) is 44.2 Å². The zero-order valence-electron chi connectivity index (χ0n) is 33.0. The summed E-state index contributed by atoms with van der Waals surface area (Å²) in [7, 11) is -3.56. The largest absolute Gasteiger partial charge is 0.445 e. The Morgan fingerprint density at radius 2 is 1.46 bits per heavy atom. The van der Waals surface area contributed by atoms with Gasteiger partial charge in [-0.1, -0.05) is 30.3 Å². The van der Waals surface area contributed by atoms with Gasteiger partial charge in [-0.15, -0.1) is 0 Å². The van der Waals surface area contributed by atoms with Crippen molar-refractivity contribution in [1.29, 1.82) is 0 Å². The standard InChI is InChI=1S/C42H51FN6O9S/c43-33-24-31-32(40(54)49(39(31)53)34-6-7-36(50)45-37(34)51)25-35(33)46-22-16-42(17-23-46)14-8-28(9-15-42)38(52)47-18-12-30(13-19-47)59(56,57)48-20-10-29(11-21-48)44-41(55)58-26-27-4-2-1-3-5-27/h1-5,24-25,28-30,34H,6-23,26H2,(H,44,55)(H,45,50,51). The van der Waals surface area contributed by atoms with E-state index in [9.17, 15) is 37.2 Å². The summed E-state index contributed by atoms with van der Waals surface area (Å²) in [6, 6.07) is 10.6. The number of nitrogens with one attached hydrogen (secondary N) is 2. The van der Waals surface area contributed by atoms with Crippen molar-refractivity contribution in [3.05, 3.63) is 65.0 Å². The predicted octanol–water partition coefficient (Wildman–Crippen LogP) is 3.72. The average Bonchev–Trinajstić information content (AvgIpc) is 3.48. The molecule has 5 heterocycles. The van der Waals surface area contributed by atoms with Gasteiger partial charge in [-0.2, -0.15) is 0 Å². The van der Waals surface area contributed by atoms with Gasteiger partial charge in [0.15, 0.2) is 0 Å². The predicted molar refractivity (Wildman–Crippen MR) is 212 cm³/mol. The molecule has 1 unspecified atom stereocenters. The lowest BCUT2D eigenvalue weighted by molar-refractivity contribution is -0.138. The maximum atomic E-state index is 15.5. The molecule has 1 atom stereocenters. The number of likely N-dealkylation sites (tertiary alicyclic amines) is 1. The number of imide groups is 2. The molecule has 6 amide bonds. The Hall–Kier alpha value is -4.90. The molecule has 2 N–H and O–H groups in total. The van der Waals surface area contributed by atoms with Crippen LogP contribution in [0.3, 0.4) is 0 Å². The molecule has 1 saturated carbocycles. The number of nitrogens with zero attached hydrogens (tertiary/aromatic N) is 4.